The van der Waals surface area contributed by atoms with Gasteiger partial charge in [0.1, 0.15) is 0 Å². The average Bonchev–Trinajstić information content (AvgIpc) is 3.72. The Kier molecular flexibility index (Phi) is 5.93. The van der Waals surface area contributed by atoms with Gasteiger partial charge in [0.15, 0.2) is 5.82 Å². The number of thiophene rings is 1. The first-order valence-corrected chi connectivity index (χ1v) is 17.5. The molecule has 6 aromatic carbocycles. The molecule has 1 aliphatic carbocycles. The third-order valence-electron chi connectivity index (χ3n) is 9.64. The quantitative estimate of drug-likeness (QED) is 0.193. The molecule has 1 spiro atoms. The molecule has 2 nitrogen and oxygen atoms in total. The second kappa shape index (κ2) is 10.4. The first-order chi connectivity index (χ1) is 23.3. The predicted octanol–water partition coefficient (Wildman–Crippen LogP) is 11.5. The van der Waals surface area contributed by atoms with Crippen LogP contribution >= 0.6 is 23.1 Å². The van der Waals surface area contributed by atoms with Gasteiger partial charge < -0.3 is 0 Å². The molecule has 1 unspecified atom stereocenters. The second-order valence-electron chi connectivity index (χ2n) is 12.2. The van der Waals surface area contributed by atoms with Crippen LogP contribution in [0.3, 0.4) is 0 Å². The zero-order chi connectivity index (χ0) is 31.0. The number of hydrogen-bond acceptors (Lipinski definition) is 4. The van der Waals surface area contributed by atoms with Gasteiger partial charge in [-0.25, -0.2) is 9.97 Å². The van der Waals surface area contributed by atoms with E-state index in [0.29, 0.717) is 0 Å². The average molecular weight is 635 g/mol. The van der Waals surface area contributed by atoms with Gasteiger partial charge >= 0.3 is 0 Å². The van der Waals surface area contributed by atoms with Gasteiger partial charge in [0.2, 0.25) is 0 Å². The van der Waals surface area contributed by atoms with Gasteiger partial charge in [-0.05, 0) is 86.6 Å². The van der Waals surface area contributed by atoms with Crippen molar-refractivity contribution < 1.29 is 0 Å². The fourth-order valence-electron chi connectivity index (χ4n) is 7.58. The van der Waals surface area contributed by atoms with Crippen molar-refractivity contribution in [1.29, 1.82) is 0 Å². The number of fused-ring (bicyclic) bond motifs is 10. The molecule has 1 atom stereocenters. The minimum Gasteiger partial charge on any atom is -0.228 e. The Bertz CT molecular complexity index is 2440. The van der Waals surface area contributed by atoms with Crippen molar-refractivity contribution >= 4 is 33.2 Å². The molecule has 8 aromatic rings. The topological polar surface area (TPSA) is 25.8 Å². The van der Waals surface area contributed by atoms with E-state index in [1.54, 1.807) is 0 Å². The third-order valence-corrected chi connectivity index (χ3v) is 11.7. The second-order valence-corrected chi connectivity index (χ2v) is 14.2. The number of aromatic nitrogens is 2. The molecule has 0 bridgehead atoms. The van der Waals surface area contributed by atoms with Gasteiger partial charge in [-0.2, -0.15) is 0 Å². The molecule has 2 aromatic heterocycles. The first kappa shape index (κ1) is 26.9. The van der Waals surface area contributed by atoms with Gasteiger partial charge in [-0.3, -0.25) is 0 Å². The fraction of sp³-hybridized carbons (Fsp3) is 0.0233. The number of nitrogens with zero attached hydrogens (tertiary/aromatic N) is 2. The molecule has 220 valence electrons. The summed E-state index contributed by atoms with van der Waals surface area (Å²) in [5, 5.41) is 3.50. The predicted molar refractivity (Wildman–Crippen MR) is 195 cm³/mol. The Labute approximate surface area is 281 Å². The summed E-state index contributed by atoms with van der Waals surface area (Å²) in [5.74, 6) is 0.729. The normalized spacial score (nSPS) is 15.7. The van der Waals surface area contributed by atoms with Crippen LogP contribution in [0.5, 0.6) is 0 Å². The molecule has 0 amide bonds. The summed E-state index contributed by atoms with van der Waals surface area (Å²) in [5.41, 5.74) is 12.5. The number of rotatable bonds is 3. The van der Waals surface area contributed by atoms with E-state index in [4.69, 9.17) is 9.97 Å². The highest BCUT2D eigenvalue weighted by atomic mass is 32.2. The summed E-state index contributed by atoms with van der Waals surface area (Å²) in [6, 6.07) is 54.9. The zero-order valence-corrected chi connectivity index (χ0v) is 26.9. The van der Waals surface area contributed by atoms with E-state index in [0.717, 1.165) is 33.9 Å². The fourth-order valence-corrected chi connectivity index (χ4v) is 9.57. The molecule has 2 aliphatic rings. The van der Waals surface area contributed by atoms with Crippen LogP contribution in [-0.4, -0.2) is 9.97 Å². The maximum Gasteiger partial charge on any atom is 0.160 e. The van der Waals surface area contributed by atoms with Crippen LogP contribution in [0.1, 0.15) is 22.3 Å². The van der Waals surface area contributed by atoms with E-state index in [-0.39, 0.29) is 0 Å². The number of benzene rings is 6. The van der Waals surface area contributed by atoms with Crippen LogP contribution in [0, 0.1) is 0 Å². The van der Waals surface area contributed by atoms with E-state index < -0.39 is 5.41 Å². The Hall–Kier alpha value is -5.29. The summed E-state index contributed by atoms with van der Waals surface area (Å²) >= 11 is 3.68. The van der Waals surface area contributed by atoms with Crippen molar-refractivity contribution in [2.75, 3.05) is 0 Å². The monoisotopic (exact) mass is 634 g/mol. The number of hydrogen-bond donors (Lipinski definition) is 0. The van der Waals surface area contributed by atoms with Crippen molar-refractivity contribution in [2.24, 2.45) is 0 Å². The molecule has 3 heterocycles. The summed E-state index contributed by atoms with van der Waals surface area (Å²) < 4.78 is 1.32. The lowest BCUT2D eigenvalue weighted by Crippen LogP contribution is -2.32. The van der Waals surface area contributed by atoms with Gasteiger partial charge in [0, 0.05) is 31.2 Å². The van der Waals surface area contributed by atoms with Gasteiger partial charge in [-0.15, -0.1) is 11.3 Å². The van der Waals surface area contributed by atoms with Crippen molar-refractivity contribution in [2.45, 2.75) is 15.2 Å². The molecule has 0 fully saturated rings. The molecule has 10 rings (SSSR count). The van der Waals surface area contributed by atoms with E-state index in [2.05, 4.69) is 145 Å². The van der Waals surface area contributed by atoms with Crippen LogP contribution in [0.15, 0.2) is 167 Å². The standard InChI is InChI=1S/C43H26N2S2/c1-3-11-27(12-4-1)37-26-38(28-13-5-2-6-14-28)45-42(44-37)30-19-20-40-36(24-30)43(34-17-9-10-18-39(34)47-40)33-16-8-7-15-31(33)32-23-29-21-22-46-41(29)25-35(32)43/h1-26H. The zero-order valence-electron chi connectivity index (χ0n) is 25.2. The van der Waals surface area contributed by atoms with E-state index in [1.807, 2.05) is 35.2 Å². The molecule has 1 aliphatic heterocycles. The summed E-state index contributed by atoms with van der Waals surface area (Å²) in [6.07, 6.45) is 0. The molecule has 0 saturated carbocycles. The van der Waals surface area contributed by atoms with Crippen molar-refractivity contribution in [3.05, 3.63) is 179 Å². The highest BCUT2D eigenvalue weighted by Crippen LogP contribution is 2.63. The smallest absolute Gasteiger partial charge is 0.160 e. The highest BCUT2D eigenvalue weighted by Gasteiger charge is 2.50. The molecule has 47 heavy (non-hydrogen) atoms. The highest BCUT2D eigenvalue weighted by molar-refractivity contribution is 7.99. The van der Waals surface area contributed by atoms with E-state index in [9.17, 15) is 0 Å². The van der Waals surface area contributed by atoms with Gasteiger partial charge in [0.05, 0.1) is 16.8 Å². The maximum absolute atomic E-state index is 5.21. The largest absolute Gasteiger partial charge is 0.228 e. The lowest BCUT2D eigenvalue weighted by atomic mass is 9.67. The van der Waals surface area contributed by atoms with E-state index in [1.165, 1.54) is 53.3 Å². The Morgan fingerprint density at radius 2 is 1.11 bits per heavy atom. The summed E-state index contributed by atoms with van der Waals surface area (Å²) in [6.45, 7) is 0. The van der Waals surface area contributed by atoms with Crippen molar-refractivity contribution in [3.8, 4) is 45.0 Å². The minimum atomic E-state index is -0.462. The van der Waals surface area contributed by atoms with Crippen LogP contribution in [0.25, 0.3) is 55.1 Å². The van der Waals surface area contributed by atoms with Crippen LogP contribution in [0.4, 0.5) is 0 Å². The molecule has 0 N–H and O–H groups in total. The third kappa shape index (κ3) is 3.99. The van der Waals surface area contributed by atoms with Crippen LogP contribution in [0.2, 0.25) is 0 Å². The molecule has 0 radical (unpaired) electrons. The lowest BCUT2D eigenvalue weighted by Gasteiger charge is -2.40. The summed E-state index contributed by atoms with van der Waals surface area (Å²) in [4.78, 5) is 13.0. The molecular formula is C43H26N2S2. The van der Waals surface area contributed by atoms with Crippen LogP contribution < -0.4 is 0 Å². The molecule has 4 heteroatoms. The van der Waals surface area contributed by atoms with Gasteiger partial charge in [0.25, 0.3) is 0 Å². The summed E-state index contributed by atoms with van der Waals surface area (Å²) in [7, 11) is 0. The first-order valence-electron chi connectivity index (χ1n) is 15.8. The molecular weight excluding hydrogens is 609 g/mol. The van der Waals surface area contributed by atoms with Crippen LogP contribution in [-0.2, 0) is 5.41 Å². The Balaban J connectivity index is 1.27. The van der Waals surface area contributed by atoms with Crippen molar-refractivity contribution in [1.82, 2.24) is 9.97 Å². The lowest BCUT2D eigenvalue weighted by molar-refractivity contribution is 0.723. The molecule has 0 saturated heterocycles. The Morgan fingerprint density at radius 1 is 0.447 bits per heavy atom. The minimum absolute atomic E-state index is 0.462. The Morgan fingerprint density at radius 3 is 1.87 bits per heavy atom. The maximum atomic E-state index is 5.21. The van der Waals surface area contributed by atoms with Gasteiger partial charge in [-0.1, -0.05) is 121 Å². The SMILES string of the molecule is c1ccc(-c2cc(-c3ccccc3)nc(-c3ccc4c(c3)C3(c5ccccc5S4)c4ccccc4-c4cc5ccsc5cc43)n2)cc1. The van der Waals surface area contributed by atoms with Crippen molar-refractivity contribution in [3.63, 3.8) is 0 Å². The van der Waals surface area contributed by atoms with E-state index >= 15 is 0 Å².